The molecule has 0 atom stereocenters. The first-order valence-electron chi connectivity index (χ1n) is 12.3. The number of hydrogen-bond acceptors (Lipinski definition) is 6. The van der Waals surface area contributed by atoms with E-state index in [0.717, 1.165) is 28.2 Å². The van der Waals surface area contributed by atoms with Crippen molar-refractivity contribution < 1.29 is 19.2 Å². The Morgan fingerprint density at radius 1 is 0.744 bits per heavy atom. The molecule has 1 aliphatic rings. The zero-order chi connectivity index (χ0) is 28.8. The van der Waals surface area contributed by atoms with Crippen molar-refractivity contribution in [2.24, 2.45) is 0 Å². The van der Waals surface area contributed by atoms with Crippen LogP contribution in [0.2, 0.25) is 0 Å². The zero-order valence-electron chi connectivity index (χ0n) is 23.3. The summed E-state index contributed by atoms with van der Waals surface area (Å²) in [5, 5.41) is 10.2. The van der Waals surface area contributed by atoms with Gasteiger partial charge in [0, 0.05) is 22.6 Å². The van der Waals surface area contributed by atoms with Crippen LogP contribution in [-0.2, 0) is 0 Å². The number of nitrogens with zero attached hydrogens (tertiary/aromatic N) is 1. The van der Waals surface area contributed by atoms with Crippen LogP contribution in [0.4, 0.5) is 5.69 Å². The first kappa shape index (κ1) is 31.1. The van der Waals surface area contributed by atoms with E-state index in [9.17, 15) is 14.9 Å². The van der Waals surface area contributed by atoms with Crippen molar-refractivity contribution in [3.05, 3.63) is 129 Å². The van der Waals surface area contributed by atoms with Crippen LogP contribution in [0.3, 0.4) is 0 Å². The van der Waals surface area contributed by atoms with Gasteiger partial charge in [-0.3, -0.25) is 14.9 Å². The number of benzene rings is 4. The van der Waals surface area contributed by atoms with Gasteiger partial charge in [0.1, 0.15) is 0 Å². The maximum Gasteiger partial charge on any atom is 0.269 e. The number of carbonyl (C=O) groups excluding carboxylic acids is 1. The lowest BCUT2D eigenvalue weighted by molar-refractivity contribution is -0.384. The normalized spacial score (nSPS) is 10.5. The van der Waals surface area contributed by atoms with Gasteiger partial charge in [0.2, 0.25) is 6.79 Å². The number of ether oxygens (including phenoxy) is 2. The molecule has 0 spiro atoms. The molecule has 6 nitrogen and oxygen atoms in total. The summed E-state index contributed by atoms with van der Waals surface area (Å²) in [6.07, 6.45) is 2.09. The Morgan fingerprint density at radius 3 is 1.79 bits per heavy atom. The number of rotatable bonds is 3. The molecule has 0 bridgehead atoms. The quantitative estimate of drug-likeness (QED) is 0.111. The fourth-order valence-electron chi connectivity index (χ4n) is 3.35. The van der Waals surface area contributed by atoms with Gasteiger partial charge in [0.15, 0.2) is 17.3 Å². The number of ketones is 1. The van der Waals surface area contributed by atoms with Gasteiger partial charge in [-0.2, -0.15) is 0 Å². The Hall–Kier alpha value is -4.10. The van der Waals surface area contributed by atoms with Crippen LogP contribution in [-0.4, -0.2) is 23.8 Å². The van der Waals surface area contributed by atoms with Crippen molar-refractivity contribution in [2.75, 3.05) is 13.0 Å². The largest absolute Gasteiger partial charge is 0.454 e. The van der Waals surface area contributed by atoms with Crippen LogP contribution in [0.1, 0.15) is 39.5 Å². The summed E-state index contributed by atoms with van der Waals surface area (Å²) in [4.78, 5) is 21.9. The number of hydrogen-bond donors (Lipinski definition) is 0. The minimum Gasteiger partial charge on any atom is -0.454 e. The first-order chi connectivity index (χ1) is 18.6. The number of nitro benzene ring substituents is 1. The van der Waals surface area contributed by atoms with Crippen LogP contribution in [0, 0.1) is 37.8 Å². The third-order valence-corrected chi connectivity index (χ3v) is 6.12. The zero-order valence-corrected chi connectivity index (χ0v) is 24.1. The average Bonchev–Trinajstić information content (AvgIpc) is 3.37. The van der Waals surface area contributed by atoms with Crippen LogP contribution in [0.5, 0.6) is 11.5 Å². The molecule has 0 radical (unpaired) electrons. The molecule has 0 saturated carbocycles. The number of thioether (sulfide) groups is 1. The molecule has 5 rings (SSSR count). The fraction of sp³-hybridized carbons (Fsp3) is 0.219. The van der Waals surface area contributed by atoms with E-state index in [1.54, 1.807) is 30.8 Å². The van der Waals surface area contributed by atoms with Gasteiger partial charge in [-0.05, 0) is 82.3 Å². The molecular formula is C32H35NO5S. The second kappa shape index (κ2) is 16.0. The molecule has 4 aromatic rings. The Labute approximate surface area is 235 Å². The number of Topliss-reactive ketones (excluding diaryl/α,β-unsaturated/α-hetero) is 1. The molecule has 0 saturated heterocycles. The summed E-state index contributed by atoms with van der Waals surface area (Å²) < 4.78 is 10.3. The molecule has 7 heteroatoms. The van der Waals surface area contributed by atoms with E-state index in [1.165, 1.54) is 22.1 Å². The summed E-state index contributed by atoms with van der Waals surface area (Å²) >= 11 is 1.78. The minimum absolute atomic E-state index is 0.128. The van der Waals surface area contributed by atoms with Crippen molar-refractivity contribution in [2.45, 2.75) is 39.5 Å². The van der Waals surface area contributed by atoms with E-state index in [-0.39, 0.29) is 11.5 Å². The number of carbonyl (C=O) groups is 1. The van der Waals surface area contributed by atoms with Crippen molar-refractivity contribution >= 4 is 23.2 Å². The second-order valence-electron chi connectivity index (χ2n) is 8.90. The third kappa shape index (κ3) is 11.4. The maximum atomic E-state index is 10.8. The highest BCUT2D eigenvalue weighted by atomic mass is 32.2. The van der Waals surface area contributed by atoms with Crippen molar-refractivity contribution in [3.63, 3.8) is 0 Å². The summed E-state index contributed by atoms with van der Waals surface area (Å²) in [5.74, 6) is 1.84. The van der Waals surface area contributed by atoms with Gasteiger partial charge < -0.3 is 9.47 Å². The number of aryl methyl sites for hydroxylation is 4. The van der Waals surface area contributed by atoms with Gasteiger partial charge in [0.05, 0.1) is 4.92 Å². The maximum absolute atomic E-state index is 10.8. The van der Waals surface area contributed by atoms with E-state index < -0.39 is 4.92 Å². The topological polar surface area (TPSA) is 78.7 Å². The molecule has 0 fully saturated rings. The number of non-ortho nitro benzene ring substituents is 1. The lowest BCUT2D eigenvalue weighted by atomic mass is 10.1. The lowest BCUT2D eigenvalue weighted by Crippen LogP contribution is -1.92. The molecule has 4 aromatic carbocycles. The lowest BCUT2D eigenvalue weighted by Gasteiger charge is -1.94. The second-order valence-corrected chi connectivity index (χ2v) is 9.78. The van der Waals surface area contributed by atoms with Crippen molar-refractivity contribution in [1.82, 2.24) is 0 Å². The van der Waals surface area contributed by atoms with Gasteiger partial charge in [0.25, 0.3) is 5.69 Å². The van der Waals surface area contributed by atoms with Gasteiger partial charge in [-0.1, -0.05) is 59.7 Å². The van der Waals surface area contributed by atoms with E-state index in [1.807, 2.05) is 69.3 Å². The summed E-state index contributed by atoms with van der Waals surface area (Å²) in [5.41, 5.74) is 5.52. The smallest absolute Gasteiger partial charge is 0.269 e. The highest BCUT2D eigenvalue weighted by Crippen LogP contribution is 2.32. The number of nitro groups is 1. The minimum atomic E-state index is -0.396. The average molecular weight is 546 g/mol. The number of fused-ring (bicyclic) bond motifs is 1. The molecule has 0 N–H and O–H groups in total. The summed E-state index contributed by atoms with van der Waals surface area (Å²) in [6.45, 7) is 9.88. The Balaban J connectivity index is 0.000000183. The molecule has 1 aliphatic heterocycles. The third-order valence-electron chi connectivity index (χ3n) is 5.39. The van der Waals surface area contributed by atoms with Crippen LogP contribution in [0.25, 0.3) is 0 Å². The van der Waals surface area contributed by atoms with Crippen molar-refractivity contribution in [3.8, 4) is 11.5 Å². The molecule has 0 aliphatic carbocycles. The van der Waals surface area contributed by atoms with Crippen LogP contribution >= 0.6 is 11.8 Å². The van der Waals surface area contributed by atoms with E-state index in [2.05, 4.69) is 37.4 Å². The molecule has 0 aromatic heterocycles. The standard InChI is InChI=1S/C9H10O.C8H8O2.C8H10S.C7H7NO2/c1-7-4-3-5-9(6-7)8(2)10;1-6-2-3-7-8(4-6)10-5-9-7;1-7-4-3-5-8(6-7)9-2;1-6-3-2-4-7(5-6)8(9)10/h3-6H,1-2H3;2-4H,5H2,1H3;3-6H,1-2H3;2-5H,1H3. The predicted molar refractivity (Wildman–Crippen MR) is 159 cm³/mol. The summed E-state index contributed by atoms with van der Waals surface area (Å²) in [6, 6.07) is 28.5. The molecule has 39 heavy (non-hydrogen) atoms. The fourth-order valence-corrected chi connectivity index (χ4v) is 3.87. The van der Waals surface area contributed by atoms with Crippen LogP contribution in [0.15, 0.2) is 95.9 Å². The SMILES string of the molecule is CC(=O)c1cccc(C)c1.CSc1cccc(C)c1.Cc1ccc2c(c1)OCO2.Cc1cccc([N+](=O)[O-])c1. The molecule has 1 heterocycles. The molecular weight excluding hydrogens is 510 g/mol. The van der Waals surface area contributed by atoms with E-state index in [0.29, 0.717) is 6.79 Å². The molecule has 0 unspecified atom stereocenters. The van der Waals surface area contributed by atoms with Crippen molar-refractivity contribution in [1.29, 1.82) is 0 Å². The Morgan fingerprint density at radius 2 is 1.31 bits per heavy atom. The predicted octanol–water partition coefficient (Wildman–Crippen LogP) is 8.54. The molecule has 0 amide bonds. The Kier molecular flexibility index (Phi) is 12.8. The highest BCUT2D eigenvalue weighted by molar-refractivity contribution is 7.98. The first-order valence-corrected chi connectivity index (χ1v) is 13.6. The van der Waals surface area contributed by atoms with E-state index in [4.69, 9.17) is 9.47 Å². The van der Waals surface area contributed by atoms with Gasteiger partial charge in [-0.25, -0.2) is 0 Å². The summed E-state index contributed by atoms with van der Waals surface area (Å²) in [7, 11) is 0. The van der Waals surface area contributed by atoms with Crippen LogP contribution < -0.4 is 9.47 Å². The molecule has 204 valence electrons. The van der Waals surface area contributed by atoms with Gasteiger partial charge in [-0.15, -0.1) is 11.8 Å². The monoisotopic (exact) mass is 545 g/mol. The van der Waals surface area contributed by atoms with Gasteiger partial charge >= 0.3 is 0 Å². The Bertz CT molecular complexity index is 1330. The highest BCUT2D eigenvalue weighted by Gasteiger charge is 2.11. The van der Waals surface area contributed by atoms with E-state index >= 15 is 0 Å².